The molecule has 0 bridgehead atoms. The number of imide groups is 1. The number of amides is 2. The van der Waals surface area contributed by atoms with Crippen molar-refractivity contribution in [3.05, 3.63) is 24.0 Å². The van der Waals surface area contributed by atoms with Crippen LogP contribution in [0.1, 0.15) is 0 Å². The molecule has 2 fully saturated rings. The van der Waals surface area contributed by atoms with E-state index in [1.54, 1.807) is 0 Å². The molecule has 8 nitrogen and oxygen atoms in total. The summed E-state index contributed by atoms with van der Waals surface area (Å²) < 4.78 is 49.3. The summed E-state index contributed by atoms with van der Waals surface area (Å²) in [5, 5.41) is 0. The van der Waals surface area contributed by atoms with Gasteiger partial charge in [-0.2, -0.15) is 4.31 Å². The molecule has 0 atom stereocenters. The number of hydrogen-bond donors (Lipinski definition) is 0. The number of rotatable bonds is 5. The average molecular weight is 358 g/mol. The Kier molecular flexibility index (Phi) is 4.18. The molecular formula is C14H15FN2O6S. The van der Waals surface area contributed by atoms with Crippen molar-refractivity contribution < 1.29 is 31.9 Å². The molecule has 0 aromatic heterocycles. The van der Waals surface area contributed by atoms with E-state index < -0.39 is 27.8 Å². The number of cyclic esters (lactones) is 1. The van der Waals surface area contributed by atoms with Crippen LogP contribution in [0.4, 0.5) is 9.18 Å². The minimum absolute atomic E-state index is 0.0538. The Balaban J connectivity index is 1.70. The highest BCUT2D eigenvalue weighted by Gasteiger charge is 2.42. The van der Waals surface area contributed by atoms with Gasteiger partial charge in [0, 0.05) is 25.6 Å². The van der Waals surface area contributed by atoms with Gasteiger partial charge in [0.15, 0.2) is 6.61 Å². The monoisotopic (exact) mass is 358 g/mol. The van der Waals surface area contributed by atoms with Crippen LogP contribution in [0.5, 0.6) is 5.75 Å². The van der Waals surface area contributed by atoms with Crippen molar-refractivity contribution in [2.24, 2.45) is 5.92 Å². The summed E-state index contributed by atoms with van der Waals surface area (Å²) in [5.74, 6) is -1.25. The number of halogens is 1. The molecule has 2 aliphatic rings. The second-order valence-corrected chi connectivity index (χ2v) is 7.45. The lowest BCUT2D eigenvalue weighted by Gasteiger charge is -2.39. The maximum Gasteiger partial charge on any atom is 0.417 e. The summed E-state index contributed by atoms with van der Waals surface area (Å²) in [6.45, 7) is 0.0656. The quantitative estimate of drug-likeness (QED) is 0.758. The summed E-state index contributed by atoms with van der Waals surface area (Å²) in [4.78, 5) is 23.6. The van der Waals surface area contributed by atoms with Crippen LogP contribution in [0, 0.1) is 11.7 Å². The Hall–Kier alpha value is -2.20. The van der Waals surface area contributed by atoms with Gasteiger partial charge in [0.25, 0.3) is 5.91 Å². The van der Waals surface area contributed by atoms with E-state index in [2.05, 4.69) is 4.74 Å². The standard InChI is InChI=1S/C14H15FN2O6S/c1-22-11-3-2-10(15)4-12(11)24(20,21)16-5-9(6-16)7-17-13(18)8-23-14(17)19/h2-4,9H,5-8H2,1H3. The Bertz CT molecular complexity index is 774. The van der Waals surface area contributed by atoms with E-state index in [1.165, 1.54) is 13.2 Å². The maximum atomic E-state index is 13.4. The fraction of sp³-hybridized carbons (Fsp3) is 0.429. The van der Waals surface area contributed by atoms with Crippen LogP contribution in [0.25, 0.3) is 0 Å². The molecule has 1 aromatic carbocycles. The van der Waals surface area contributed by atoms with Gasteiger partial charge in [0.05, 0.1) is 7.11 Å². The number of nitrogens with zero attached hydrogens (tertiary/aromatic N) is 2. The molecule has 0 saturated carbocycles. The zero-order chi connectivity index (χ0) is 17.5. The molecule has 0 N–H and O–H groups in total. The van der Waals surface area contributed by atoms with Gasteiger partial charge in [-0.05, 0) is 18.2 Å². The molecule has 130 valence electrons. The van der Waals surface area contributed by atoms with Crippen molar-refractivity contribution in [2.75, 3.05) is 33.4 Å². The smallest absolute Gasteiger partial charge is 0.417 e. The second-order valence-electron chi connectivity index (χ2n) is 5.54. The third-order valence-corrected chi connectivity index (χ3v) is 5.80. The molecule has 3 rings (SSSR count). The Morgan fingerprint density at radius 3 is 2.62 bits per heavy atom. The van der Waals surface area contributed by atoms with Gasteiger partial charge >= 0.3 is 6.09 Å². The van der Waals surface area contributed by atoms with E-state index in [4.69, 9.17) is 4.74 Å². The van der Waals surface area contributed by atoms with Gasteiger partial charge in [-0.25, -0.2) is 22.5 Å². The molecule has 0 radical (unpaired) electrons. The lowest BCUT2D eigenvalue weighted by atomic mass is 10.0. The number of carbonyl (C=O) groups is 2. The second kappa shape index (κ2) is 6.02. The number of sulfonamides is 1. The topological polar surface area (TPSA) is 93.2 Å². The lowest BCUT2D eigenvalue weighted by Crippen LogP contribution is -2.54. The third-order valence-electron chi connectivity index (χ3n) is 3.95. The van der Waals surface area contributed by atoms with Crippen LogP contribution in [-0.2, 0) is 19.6 Å². The number of benzene rings is 1. The van der Waals surface area contributed by atoms with Crippen molar-refractivity contribution in [3.63, 3.8) is 0 Å². The van der Waals surface area contributed by atoms with Crippen molar-refractivity contribution in [1.29, 1.82) is 0 Å². The molecule has 2 amide bonds. The van der Waals surface area contributed by atoms with E-state index in [9.17, 15) is 22.4 Å². The van der Waals surface area contributed by atoms with E-state index in [0.29, 0.717) is 0 Å². The minimum Gasteiger partial charge on any atom is -0.495 e. The molecule has 2 saturated heterocycles. The first-order valence-corrected chi connectivity index (χ1v) is 8.57. The highest BCUT2D eigenvalue weighted by Crippen LogP contribution is 2.32. The average Bonchev–Trinajstić information content (AvgIpc) is 2.81. The summed E-state index contributed by atoms with van der Waals surface area (Å²) >= 11 is 0. The van der Waals surface area contributed by atoms with Gasteiger partial charge in [-0.15, -0.1) is 0 Å². The zero-order valence-corrected chi connectivity index (χ0v) is 13.6. The third kappa shape index (κ3) is 2.82. The highest BCUT2D eigenvalue weighted by atomic mass is 32.2. The molecule has 10 heteroatoms. The Morgan fingerprint density at radius 1 is 1.33 bits per heavy atom. The zero-order valence-electron chi connectivity index (χ0n) is 12.8. The Labute approximate surface area is 137 Å². The molecule has 0 spiro atoms. The van der Waals surface area contributed by atoms with E-state index in [-0.39, 0.29) is 42.8 Å². The first-order chi connectivity index (χ1) is 11.3. The fourth-order valence-electron chi connectivity index (χ4n) is 2.64. The highest BCUT2D eigenvalue weighted by molar-refractivity contribution is 7.89. The van der Waals surface area contributed by atoms with E-state index in [0.717, 1.165) is 21.3 Å². The van der Waals surface area contributed by atoms with Gasteiger partial charge in [0.2, 0.25) is 10.0 Å². The normalized spacial score (nSPS) is 19.3. The number of carbonyl (C=O) groups excluding carboxylic acids is 2. The van der Waals surface area contributed by atoms with Crippen molar-refractivity contribution in [2.45, 2.75) is 4.90 Å². The lowest BCUT2D eigenvalue weighted by molar-refractivity contribution is -0.126. The van der Waals surface area contributed by atoms with Crippen molar-refractivity contribution >= 4 is 22.0 Å². The first-order valence-electron chi connectivity index (χ1n) is 7.13. The van der Waals surface area contributed by atoms with Crippen LogP contribution >= 0.6 is 0 Å². The molecule has 0 aliphatic carbocycles. The number of ether oxygens (including phenoxy) is 2. The molecule has 2 aliphatic heterocycles. The SMILES string of the molecule is COc1ccc(F)cc1S(=O)(=O)N1CC(CN2C(=O)COC2=O)C1. The van der Waals surface area contributed by atoms with Crippen LogP contribution < -0.4 is 4.74 Å². The minimum atomic E-state index is -3.91. The number of methoxy groups -OCH3 is 1. The van der Waals surface area contributed by atoms with E-state index >= 15 is 0 Å². The van der Waals surface area contributed by atoms with Crippen LogP contribution in [0.2, 0.25) is 0 Å². The largest absolute Gasteiger partial charge is 0.495 e. The summed E-state index contributed by atoms with van der Waals surface area (Å²) in [6, 6.07) is 3.27. The predicted molar refractivity (Wildman–Crippen MR) is 78.3 cm³/mol. The van der Waals surface area contributed by atoms with E-state index in [1.807, 2.05) is 0 Å². The fourth-order valence-corrected chi connectivity index (χ4v) is 4.40. The molecule has 1 aromatic rings. The van der Waals surface area contributed by atoms with Gasteiger partial charge < -0.3 is 9.47 Å². The van der Waals surface area contributed by atoms with Gasteiger partial charge in [-0.3, -0.25) is 4.79 Å². The van der Waals surface area contributed by atoms with Gasteiger partial charge in [0.1, 0.15) is 16.5 Å². The maximum absolute atomic E-state index is 13.4. The molecule has 0 unspecified atom stereocenters. The molecular weight excluding hydrogens is 343 g/mol. The number of hydrogen-bond acceptors (Lipinski definition) is 6. The van der Waals surface area contributed by atoms with Crippen LogP contribution in [-0.4, -0.2) is 63.0 Å². The molecule has 24 heavy (non-hydrogen) atoms. The molecule has 2 heterocycles. The van der Waals surface area contributed by atoms with Crippen molar-refractivity contribution in [1.82, 2.24) is 9.21 Å². The summed E-state index contributed by atoms with van der Waals surface area (Å²) in [6.07, 6.45) is -0.715. The van der Waals surface area contributed by atoms with Crippen molar-refractivity contribution in [3.8, 4) is 5.75 Å². The summed E-state index contributed by atoms with van der Waals surface area (Å²) in [5.41, 5.74) is 0. The summed E-state index contributed by atoms with van der Waals surface area (Å²) in [7, 11) is -2.61. The van der Waals surface area contributed by atoms with Gasteiger partial charge in [-0.1, -0.05) is 0 Å². The van der Waals surface area contributed by atoms with Crippen LogP contribution in [0.15, 0.2) is 23.1 Å². The Morgan fingerprint density at radius 2 is 2.04 bits per heavy atom. The first kappa shape index (κ1) is 16.7. The van der Waals surface area contributed by atoms with Crippen LogP contribution in [0.3, 0.4) is 0 Å². The predicted octanol–water partition coefficient (Wildman–Crippen LogP) is 0.434.